The second-order valence-electron chi connectivity index (χ2n) is 5.59. The molecular weight excluding hydrogens is 200 g/mol. The summed E-state index contributed by atoms with van der Waals surface area (Å²) in [5.41, 5.74) is -0.191. The lowest BCUT2D eigenvalue weighted by Gasteiger charge is -2.40. The lowest BCUT2D eigenvalue weighted by atomic mass is 9.81. The fraction of sp³-hybridized carbons (Fsp3) is 0.923. The van der Waals surface area contributed by atoms with E-state index in [-0.39, 0.29) is 11.0 Å². The van der Waals surface area contributed by atoms with Gasteiger partial charge in [0.05, 0.1) is 5.41 Å². The van der Waals surface area contributed by atoms with Gasteiger partial charge in [0.2, 0.25) is 5.91 Å². The van der Waals surface area contributed by atoms with Crippen LogP contribution in [0.15, 0.2) is 0 Å². The molecule has 1 saturated heterocycles. The highest BCUT2D eigenvalue weighted by Gasteiger charge is 2.43. The second kappa shape index (κ2) is 4.74. The number of hydrogen-bond donors (Lipinski definition) is 1. The van der Waals surface area contributed by atoms with E-state index in [1.807, 2.05) is 11.9 Å². The molecule has 0 saturated carbocycles. The van der Waals surface area contributed by atoms with Crippen molar-refractivity contribution in [2.75, 3.05) is 20.1 Å². The summed E-state index contributed by atoms with van der Waals surface area (Å²) in [6.07, 6.45) is 2.90. The van der Waals surface area contributed by atoms with Crippen molar-refractivity contribution in [1.82, 2.24) is 10.2 Å². The molecule has 1 heterocycles. The van der Waals surface area contributed by atoms with Crippen molar-refractivity contribution in [2.24, 2.45) is 5.41 Å². The maximum atomic E-state index is 12.6. The van der Waals surface area contributed by atoms with E-state index in [0.29, 0.717) is 5.91 Å². The van der Waals surface area contributed by atoms with Crippen LogP contribution in [-0.2, 0) is 4.79 Å². The van der Waals surface area contributed by atoms with Gasteiger partial charge in [-0.1, -0.05) is 13.8 Å². The van der Waals surface area contributed by atoms with Gasteiger partial charge in [0, 0.05) is 19.1 Å². The summed E-state index contributed by atoms with van der Waals surface area (Å²) >= 11 is 0. The third-order valence-electron chi connectivity index (χ3n) is 4.45. The summed E-state index contributed by atoms with van der Waals surface area (Å²) in [4.78, 5) is 14.5. The first-order chi connectivity index (χ1) is 7.39. The van der Waals surface area contributed by atoms with E-state index in [1.165, 1.54) is 0 Å². The Bertz CT molecular complexity index is 255. The zero-order valence-corrected chi connectivity index (χ0v) is 11.4. The zero-order valence-electron chi connectivity index (χ0n) is 11.4. The Hall–Kier alpha value is -0.570. The molecule has 1 N–H and O–H groups in total. The molecule has 3 nitrogen and oxygen atoms in total. The fourth-order valence-electron chi connectivity index (χ4n) is 2.25. The van der Waals surface area contributed by atoms with Crippen molar-refractivity contribution < 1.29 is 4.79 Å². The first-order valence-corrected chi connectivity index (χ1v) is 6.38. The van der Waals surface area contributed by atoms with E-state index in [1.54, 1.807) is 0 Å². The largest absolute Gasteiger partial charge is 0.340 e. The minimum absolute atomic E-state index is 0.0398. The molecule has 1 fully saturated rings. The van der Waals surface area contributed by atoms with Crippen LogP contribution in [0.25, 0.3) is 0 Å². The fourth-order valence-corrected chi connectivity index (χ4v) is 2.25. The standard InChI is InChI=1S/C13H26N2O/c1-6-12(3,4)15(5)11(16)13(7-2)8-9-14-10-13/h14H,6-10H2,1-5H3. The highest BCUT2D eigenvalue weighted by Crippen LogP contribution is 2.34. The quantitative estimate of drug-likeness (QED) is 0.795. The number of nitrogens with one attached hydrogen (secondary N) is 1. The monoisotopic (exact) mass is 226 g/mol. The van der Waals surface area contributed by atoms with Gasteiger partial charge in [-0.2, -0.15) is 0 Å². The summed E-state index contributed by atoms with van der Waals surface area (Å²) in [7, 11) is 1.95. The minimum Gasteiger partial charge on any atom is -0.340 e. The van der Waals surface area contributed by atoms with Gasteiger partial charge in [0.1, 0.15) is 0 Å². The van der Waals surface area contributed by atoms with E-state index in [2.05, 4.69) is 33.0 Å². The predicted molar refractivity (Wildman–Crippen MR) is 67.4 cm³/mol. The number of hydrogen-bond acceptors (Lipinski definition) is 2. The Balaban J connectivity index is 2.84. The molecular formula is C13H26N2O. The van der Waals surface area contributed by atoms with Gasteiger partial charge in [-0.3, -0.25) is 4.79 Å². The van der Waals surface area contributed by atoms with E-state index < -0.39 is 0 Å². The molecule has 1 rings (SSSR count). The SMILES string of the molecule is CCC1(C(=O)N(C)C(C)(C)CC)CCNC1. The maximum Gasteiger partial charge on any atom is 0.230 e. The molecule has 0 bridgehead atoms. The number of carbonyl (C=O) groups is 1. The minimum atomic E-state index is -0.152. The van der Waals surface area contributed by atoms with E-state index in [0.717, 1.165) is 32.4 Å². The van der Waals surface area contributed by atoms with Gasteiger partial charge < -0.3 is 10.2 Å². The van der Waals surface area contributed by atoms with Crippen LogP contribution >= 0.6 is 0 Å². The number of nitrogens with zero attached hydrogens (tertiary/aromatic N) is 1. The molecule has 1 aliphatic heterocycles. The van der Waals surface area contributed by atoms with Crippen LogP contribution in [0, 0.1) is 5.41 Å². The molecule has 1 unspecified atom stereocenters. The Labute approximate surface area is 99.6 Å². The van der Waals surface area contributed by atoms with Crippen LogP contribution in [0.5, 0.6) is 0 Å². The third kappa shape index (κ3) is 2.24. The summed E-state index contributed by atoms with van der Waals surface area (Å²) in [6, 6.07) is 0. The Morgan fingerprint density at radius 2 is 2.06 bits per heavy atom. The molecule has 0 aromatic rings. The number of carbonyl (C=O) groups excluding carboxylic acids is 1. The molecule has 1 atom stereocenters. The molecule has 0 aromatic carbocycles. The topological polar surface area (TPSA) is 32.3 Å². The first kappa shape index (κ1) is 13.5. The van der Waals surface area contributed by atoms with E-state index >= 15 is 0 Å². The van der Waals surface area contributed by atoms with E-state index in [9.17, 15) is 4.79 Å². The lowest BCUT2D eigenvalue weighted by Crippen LogP contribution is -2.52. The summed E-state index contributed by atoms with van der Waals surface area (Å²) < 4.78 is 0. The van der Waals surface area contributed by atoms with Gasteiger partial charge in [0.25, 0.3) is 0 Å². The molecule has 0 spiro atoms. The van der Waals surface area contributed by atoms with Gasteiger partial charge in [0.15, 0.2) is 0 Å². The highest BCUT2D eigenvalue weighted by atomic mass is 16.2. The van der Waals surface area contributed by atoms with Gasteiger partial charge >= 0.3 is 0 Å². The summed E-state index contributed by atoms with van der Waals surface area (Å²) in [5.74, 6) is 0.312. The van der Waals surface area contributed by atoms with Crippen molar-refractivity contribution in [1.29, 1.82) is 0 Å². The van der Waals surface area contributed by atoms with Gasteiger partial charge in [-0.05, 0) is 39.7 Å². The van der Waals surface area contributed by atoms with Crippen LogP contribution in [0.2, 0.25) is 0 Å². The molecule has 94 valence electrons. The lowest BCUT2D eigenvalue weighted by molar-refractivity contribution is -0.145. The third-order valence-corrected chi connectivity index (χ3v) is 4.45. The van der Waals surface area contributed by atoms with Crippen LogP contribution in [-0.4, -0.2) is 36.5 Å². The molecule has 0 radical (unpaired) electrons. The highest BCUT2D eigenvalue weighted by molar-refractivity contribution is 5.83. The van der Waals surface area contributed by atoms with Crippen molar-refractivity contribution in [3.05, 3.63) is 0 Å². The molecule has 16 heavy (non-hydrogen) atoms. The Morgan fingerprint density at radius 3 is 2.44 bits per heavy atom. The zero-order chi connectivity index (χ0) is 12.4. The van der Waals surface area contributed by atoms with Gasteiger partial charge in [-0.25, -0.2) is 0 Å². The smallest absolute Gasteiger partial charge is 0.230 e. The average Bonchev–Trinajstić information content (AvgIpc) is 2.76. The van der Waals surface area contributed by atoms with Crippen molar-refractivity contribution in [3.8, 4) is 0 Å². The first-order valence-electron chi connectivity index (χ1n) is 6.38. The molecule has 3 heteroatoms. The van der Waals surface area contributed by atoms with Crippen molar-refractivity contribution in [3.63, 3.8) is 0 Å². The van der Waals surface area contributed by atoms with Gasteiger partial charge in [-0.15, -0.1) is 0 Å². The summed E-state index contributed by atoms with van der Waals surface area (Å²) in [5, 5.41) is 3.32. The van der Waals surface area contributed by atoms with Crippen LogP contribution < -0.4 is 5.32 Å². The maximum absolute atomic E-state index is 12.6. The van der Waals surface area contributed by atoms with Crippen molar-refractivity contribution in [2.45, 2.75) is 52.5 Å². The average molecular weight is 226 g/mol. The van der Waals surface area contributed by atoms with Crippen LogP contribution in [0.4, 0.5) is 0 Å². The molecule has 1 amide bonds. The van der Waals surface area contributed by atoms with E-state index in [4.69, 9.17) is 0 Å². The number of rotatable bonds is 4. The second-order valence-corrected chi connectivity index (χ2v) is 5.59. The Morgan fingerprint density at radius 1 is 1.44 bits per heavy atom. The van der Waals surface area contributed by atoms with Crippen LogP contribution in [0.1, 0.15) is 47.0 Å². The molecule has 0 aromatic heterocycles. The molecule has 0 aliphatic carbocycles. The predicted octanol–water partition coefficient (Wildman–Crippen LogP) is 2.02. The summed E-state index contributed by atoms with van der Waals surface area (Å²) in [6.45, 7) is 10.3. The Kier molecular flexibility index (Phi) is 4.00. The number of amides is 1. The van der Waals surface area contributed by atoms with Crippen molar-refractivity contribution >= 4 is 5.91 Å². The van der Waals surface area contributed by atoms with Crippen LogP contribution in [0.3, 0.4) is 0 Å². The molecule has 1 aliphatic rings. The normalized spacial score (nSPS) is 25.8.